The van der Waals surface area contributed by atoms with Gasteiger partial charge in [0.15, 0.2) is 0 Å². The molecule has 1 atom stereocenters. The van der Waals surface area contributed by atoms with E-state index in [1.807, 2.05) is 23.9 Å². The van der Waals surface area contributed by atoms with Gasteiger partial charge in [-0.15, -0.1) is 0 Å². The molecule has 1 unspecified atom stereocenters. The number of hydrogen-bond donors (Lipinski definition) is 1. The maximum Gasteiger partial charge on any atom is 0.123 e. The van der Waals surface area contributed by atoms with E-state index in [2.05, 4.69) is 18.5 Å². The van der Waals surface area contributed by atoms with E-state index in [0.29, 0.717) is 10.8 Å². The number of halogens is 1. The van der Waals surface area contributed by atoms with Crippen LogP contribution in [0.25, 0.3) is 0 Å². The first-order valence-electron chi connectivity index (χ1n) is 6.19. The van der Waals surface area contributed by atoms with Crippen molar-refractivity contribution in [2.45, 2.75) is 37.0 Å². The van der Waals surface area contributed by atoms with Gasteiger partial charge in [-0.05, 0) is 43.7 Å². The monoisotopic (exact) mass is 253 g/mol. The zero-order chi connectivity index (χ0) is 12.3. The van der Waals surface area contributed by atoms with E-state index >= 15 is 0 Å². The van der Waals surface area contributed by atoms with Gasteiger partial charge in [0, 0.05) is 17.3 Å². The van der Waals surface area contributed by atoms with Gasteiger partial charge in [-0.3, -0.25) is 0 Å². The molecule has 1 aromatic rings. The van der Waals surface area contributed by atoms with Crippen molar-refractivity contribution in [1.82, 2.24) is 5.32 Å². The van der Waals surface area contributed by atoms with Gasteiger partial charge in [0.2, 0.25) is 0 Å². The first kappa shape index (κ1) is 12.9. The Morgan fingerprint density at radius 2 is 2.00 bits per heavy atom. The van der Waals surface area contributed by atoms with Crippen LogP contribution in [0.2, 0.25) is 0 Å². The van der Waals surface area contributed by atoms with E-state index < -0.39 is 0 Å². The topological polar surface area (TPSA) is 12.0 Å². The number of benzene rings is 1. The molecule has 3 heteroatoms. The maximum atomic E-state index is 12.8. The third-order valence-electron chi connectivity index (χ3n) is 3.80. The Balaban J connectivity index is 1.88. The summed E-state index contributed by atoms with van der Waals surface area (Å²) in [4.78, 5) is 0. The average Bonchev–Trinajstić information content (AvgIpc) is 2.29. The second-order valence-corrected chi connectivity index (χ2v) is 6.17. The fraction of sp³-hybridized carbons (Fsp3) is 0.571. The van der Waals surface area contributed by atoms with Gasteiger partial charge in [0.25, 0.3) is 0 Å². The molecule has 0 amide bonds. The molecule has 17 heavy (non-hydrogen) atoms. The van der Waals surface area contributed by atoms with Crippen molar-refractivity contribution in [1.29, 1.82) is 0 Å². The van der Waals surface area contributed by atoms with Crippen molar-refractivity contribution < 1.29 is 4.39 Å². The minimum Gasteiger partial charge on any atom is -0.309 e. The highest BCUT2D eigenvalue weighted by molar-refractivity contribution is 8.00. The van der Waals surface area contributed by atoms with Crippen molar-refractivity contribution in [3.8, 4) is 0 Å². The second-order valence-electron chi connectivity index (χ2n) is 4.89. The van der Waals surface area contributed by atoms with Crippen LogP contribution in [-0.2, 0) is 0 Å². The molecule has 1 aliphatic carbocycles. The highest BCUT2D eigenvalue weighted by Gasteiger charge is 2.35. The van der Waals surface area contributed by atoms with Crippen LogP contribution in [0.3, 0.4) is 0 Å². The van der Waals surface area contributed by atoms with Crippen LogP contribution in [0.5, 0.6) is 0 Å². The summed E-state index contributed by atoms with van der Waals surface area (Å²) in [6, 6.07) is 7.07. The Kier molecular flexibility index (Phi) is 4.10. The molecule has 0 aliphatic heterocycles. The molecule has 0 bridgehead atoms. The van der Waals surface area contributed by atoms with E-state index in [0.717, 1.165) is 12.1 Å². The molecule has 2 rings (SSSR count). The number of nitrogens with one attached hydrogen (secondary N) is 1. The van der Waals surface area contributed by atoms with Gasteiger partial charge < -0.3 is 5.32 Å². The van der Waals surface area contributed by atoms with E-state index in [1.54, 1.807) is 0 Å². The number of thioether (sulfide) groups is 1. The minimum atomic E-state index is -0.166. The quantitative estimate of drug-likeness (QED) is 0.857. The Hall–Kier alpha value is -0.540. The highest BCUT2D eigenvalue weighted by Crippen LogP contribution is 2.42. The lowest BCUT2D eigenvalue weighted by Crippen LogP contribution is -2.43. The fourth-order valence-corrected chi connectivity index (χ4v) is 3.16. The Morgan fingerprint density at radius 1 is 1.35 bits per heavy atom. The summed E-state index contributed by atoms with van der Waals surface area (Å²) in [5.74, 6) is -0.166. The molecule has 0 aromatic heterocycles. The molecule has 1 N–H and O–H groups in total. The molecule has 0 radical (unpaired) electrons. The van der Waals surface area contributed by atoms with Crippen molar-refractivity contribution in [2.24, 2.45) is 0 Å². The summed E-state index contributed by atoms with van der Waals surface area (Å²) >= 11 is 1.98. The zero-order valence-corrected chi connectivity index (χ0v) is 11.3. The van der Waals surface area contributed by atoms with E-state index in [1.165, 1.54) is 31.4 Å². The highest BCUT2D eigenvalue weighted by atomic mass is 32.2. The summed E-state index contributed by atoms with van der Waals surface area (Å²) in [6.07, 6.45) is 6.19. The Morgan fingerprint density at radius 3 is 2.47 bits per heavy atom. The average molecular weight is 253 g/mol. The van der Waals surface area contributed by atoms with E-state index in [-0.39, 0.29) is 5.82 Å². The molecule has 1 nitrogen and oxygen atoms in total. The summed E-state index contributed by atoms with van der Waals surface area (Å²) < 4.78 is 13.3. The lowest BCUT2D eigenvalue weighted by Gasteiger charge is -2.41. The molecular weight excluding hydrogens is 233 g/mol. The molecule has 0 spiro atoms. The van der Waals surface area contributed by atoms with Gasteiger partial charge in [-0.2, -0.15) is 11.8 Å². The molecule has 1 aromatic carbocycles. The third kappa shape index (κ3) is 3.02. The Labute approximate surface area is 107 Å². The van der Waals surface area contributed by atoms with Gasteiger partial charge in [0.1, 0.15) is 5.82 Å². The van der Waals surface area contributed by atoms with Crippen molar-refractivity contribution >= 4 is 11.8 Å². The standard InChI is InChI=1S/C14H20FNS/c1-11(12-4-6-13(15)7-5-12)16-10-14(17-2)8-3-9-14/h4-7,11,16H,3,8-10H2,1-2H3. The molecule has 94 valence electrons. The summed E-state index contributed by atoms with van der Waals surface area (Å²) in [6.45, 7) is 3.19. The van der Waals surface area contributed by atoms with Gasteiger partial charge >= 0.3 is 0 Å². The smallest absolute Gasteiger partial charge is 0.123 e. The second kappa shape index (κ2) is 5.40. The minimum absolute atomic E-state index is 0.166. The van der Waals surface area contributed by atoms with Crippen LogP contribution in [0.4, 0.5) is 4.39 Å². The van der Waals surface area contributed by atoms with Gasteiger partial charge in [0.05, 0.1) is 0 Å². The van der Waals surface area contributed by atoms with Crippen LogP contribution in [-0.4, -0.2) is 17.5 Å². The summed E-state index contributed by atoms with van der Waals surface area (Å²) in [7, 11) is 0. The molecule has 0 heterocycles. The van der Waals surface area contributed by atoms with Crippen LogP contribution in [0.15, 0.2) is 24.3 Å². The summed E-state index contributed by atoms with van der Waals surface area (Å²) in [5, 5.41) is 3.57. The molecule has 1 aliphatic rings. The van der Waals surface area contributed by atoms with Gasteiger partial charge in [-0.1, -0.05) is 18.6 Å². The molecule has 1 fully saturated rings. The molecule has 1 saturated carbocycles. The maximum absolute atomic E-state index is 12.8. The van der Waals surface area contributed by atoms with E-state index in [4.69, 9.17) is 0 Å². The van der Waals surface area contributed by atoms with Crippen molar-refractivity contribution in [2.75, 3.05) is 12.8 Å². The van der Waals surface area contributed by atoms with Crippen LogP contribution in [0, 0.1) is 5.82 Å². The predicted molar refractivity (Wildman–Crippen MR) is 72.9 cm³/mol. The summed E-state index contributed by atoms with van der Waals surface area (Å²) in [5.41, 5.74) is 1.15. The predicted octanol–water partition coefficient (Wildman–Crippen LogP) is 3.76. The first-order chi connectivity index (χ1) is 8.15. The van der Waals surface area contributed by atoms with Gasteiger partial charge in [-0.25, -0.2) is 4.39 Å². The zero-order valence-electron chi connectivity index (χ0n) is 10.5. The Bertz CT molecular complexity index is 353. The lowest BCUT2D eigenvalue weighted by molar-refractivity contribution is 0.334. The fourth-order valence-electron chi connectivity index (χ4n) is 2.23. The van der Waals surface area contributed by atoms with Crippen LogP contribution in [0.1, 0.15) is 37.8 Å². The van der Waals surface area contributed by atoms with Crippen LogP contribution >= 0.6 is 11.8 Å². The molecular formula is C14H20FNS. The normalized spacial score (nSPS) is 19.7. The van der Waals surface area contributed by atoms with Crippen molar-refractivity contribution in [3.63, 3.8) is 0 Å². The van der Waals surface area contributed by atoms with E-state index in [9.17, 15) is 4.39 Å². The number of rotatable bonds is 5. The van der Waals surface area contributed by atoms with Crippen molar-refractivity contribution in [3.05, 3.63) is 35.6 Å². The first-order valence-corrected chi connectivity index (χ1v) is 7.42. The van der Waals surface area contributed by atoms with Crippen LogP contribution < -0.4 is 5.32 Å². The lowest BCUT2D eigenvalue weighted by atomic mass is 9.84. The molecule has 0 saturated heterocycles. The third-order valence-corrected chi connectivity index (χ3v) is 5.22. The number of hydrogen-bond acceptors (Lipinski definition) is 2. The SMILES string of the molecule is CSC1(CNC(C)c2ccc(F)cc2)CCC1. The largest absolute Gasteiger partial charge is 0.309 e.